The molecule has 10 heteroatoms. The summed E-state index contributed by atoms with van der Waals surface area (Å²) < 4.78 is 0. The molecular formula is C29H34N8O2. The molecule has 10 nitrogen and oxygen atoms in total. The lowest BCUT2D eigenvalue weighted by molar-refractivity contribution is -0.138. The van der Waals surface area contributed by atoms with Crippen molar-refractivity contribution in [3.63, 3.8) is 0 Å². The zero-order valence-electron chi connectivity index (χ0n) is 21.8. The first-order valence-electron chi connectivity index (χ1n) is 13.3. The summed E-state index contributed by atoms with van der Waals surface area (Å²) in [6, 6.07) is 14.0. The third-order valence-corrected chi connectivity index (χ3v) is 6.89. The van der Waals surface area contributed by atoms with Gasteiger partial charge in [-0.25, -0.2) is 4.98 Å². The monoisotopic (exact) mass is 526 g/mol. The Morgan fingerprint density at radius 2 is 1.85 bits per heavy atom. The lowest BCUT2D eigenvalue weighted by Crippen LogP contribution is -2.57. The number of hydrogen-bond acceptors (Lipinski definition) is 9. The number of aromatic nitrogens is 3. The maximum Gasteiger partial charge on any atom is 0.303 e. The zero-order valence-corrected chi connectivity index (χ0v) is 21.8. The molecule has 1 saturated heterocycles. The fourth-order valence-electron chi connectivity index (χ4n) is 5.05. The summed E-state index contributed by atoms with van der Waals surface area (Å²) >= 11 is 0. The lowest BCUT2D eigenvalue weighted by Gasteiger charge is -2.41. The second-order valence-corrected chi connectivity index (χ2v) is 9.70. The molecule has 1 aromatic carbocycles. The number of rotatable bonds is 11. The summed E-state index contributed by atoms with van der Waals surface area (Å²) in [5, 5.41) is 23.8. The summed E-state index contributed by atoms with van der Waals surface area (Å²) in [7, 11) is 0. The van der Waals surface area contributed by atoms with E-state index in [0.717, 1.165) is 54.4 Å². The molecule has 5 rings (SSSR count). The summed E-state index contributed by atoms with van der Waals surface area (Å²) in [4.78, 5) is 26.9. The van der Waals surface area contributed by atoms with Gasteiger partial charge in [0.15, 0.2) is 0 Å². The zero-order chi connectivity index (χ0) is 26.9. The number of pyridine rings is 1. The first kappa shape index (κ1) is 26.3. The maximum absolute atomic E-state index is 11.8. The number of hydrogen-bond donors (Lipinski definition) is 5. The van der Waals surface area contributed by atoms with Gasteiger partial charge in [0.25, 0.3) is 0 Å². The molecule has 39 heavy (non-hydrogen) atoms. The van der Waals surface area contributed by atoms with Crippen LogP contribution in [0.5, 0.6) is 0 Å². The first-order valence-corrected chi connectivity index (χ1v) is 13.3. The molecule has 0 bridgehead atoms. The Labute approximate surface area is 228 Å². The van der Waals surface area contributed by atoms with Crippen molar-refractivity contribution in [1.82, 2.24) is 35.8 Å². The van der Waals surface area contributed by atoms with Crippen molar-refractivity contribution in [2.75, 3.05) is 38.0 Å². The predicted octanol–water partition coefficient (Wildman–Crippen LogP) is 2.29. The number of nitrogens with zero attached hydrogens (tertiary/aromatic N) is 4. The van der Waals surface area contributed by atoms with E-state index < -0.39 is 5.97 Å². The van der Waals surface area contributed by atoms with Crippen LogP contribution in [0.25, 0.3) is 5.57 Å². The van der Waals surface area contributed by atoms with Crippen LogP contribution in [0.1, 0.15) is 17.5 Å². The van der Waals surface area contributed by atoms with E-state index in [9.17, 15) is 9.90 Å². The molecular weight excluding hydrogens is 492 g/mol. The van der Waals surface area contributed by atoms with Crippen molar-refractivity contribution in [2.45, 2.75) is 19.0 Å². The number of benzene rings is 1. The van der Waals surface area contributed by atoms with Gasteiger partial charge in [-0.05, 0) is 41.7 Å². The van der Waals surface area contributed by atoms with Crippen molar-refractivity contribution in [3.8, 4) is 0 Å². The minimum absolute atomic E-state index is 0.0807. The van der Waals surface area contributed by atoms with Crippen LogP contribution in [0.3, 0.4) is 0 Å². The Balaban J connectivity index is 1.49. The second-order valence-electron chi connectivity index (χ2n) is 9.70. The van der Waals surface area contributed by atoms with E-state index in [1.165, 1.54) is 0 Å². The van der Waals surface area contributed by atoms with Gasteiger partial charge in [0, 0.05) is 63.1 Å². The van der Waals surface area contributed by atoms with Gasteiger partial charge in [0.1, 0.15) is 17.8 Å². The fourth-order valence-corrected chi connectivity index (χ4v) is 5.05. The standard InChI is InChI=1S/C29H34N8O2/c38-27(39)17-22(16-21-4-2-1-3-5-21)19-34-28-24(23-6-8-30-9-7-23)18-25(35-26-20-32-10-11-33-26)36-29(28)37-14-12-31-13-15-37/h1-11,18,20,22,29,31,34,36H,12-17,19H2,(H,33,35)(H,38,39). The summed E-state index contributed by atoms with van der Waals surface area (Å²) in [6.45, 7) is 4.04. The number of anilines is 1. The van der Waals surface area contributed by atoms with E-state index in [2.05, 4.69) is 59.3 Å². The molecule has 1 fully saturated rings. The number of carboxylic acids is 1. The van der Waals surface area contributed by atoms with Crippen molar-refractivity contribution in [3.05, 3.63) is 102 Å². The smallest absolute Gasteiger partial charge is 0.303 e. The molecule has 0 amide bonds. The largest absolute Gasteiger partial charge is 0.481 e. The fraction of sp³-hybridized carbons (Fsp3) is 0.310. The Bertz CT molecular complexity index is 1280. The van der Waals surface area contributed by atoms with Crippen molar-refractivity contribution >= 4 is 17.4 Å². The predicted molar refractivity (Wildman–Crippen MR) is 150 cm³/mol. The SMILES string of the molecule is O=C(O)CC(CNC1=C(c2ccncc2)C=C(Nc2cnccn2)NC1N1CCNCC1)Cc1ccccc1. The van der Waals surface area contributed by atoms with Gasteiger partial charge in [-0.2, -0.15) is 0 Å². The Morgan fingerprint density at radius 1 is 1.05 bits per heavy atom. The molecule has 2 aliphatic heterocycles. The minimum atomic E-state index is -0.795. The number of nitrogens with one attached hydrogen (secondary N) is 4. The molecule has 202 valence electrons. The molecule has 5 N–H and O–H groups in total. The highest BCUT2D eigenvalue weighted by Gasteiger charge is 2.31. The normalized spacial score (nSPS) is 18.6. The summed E-state index contributed by atoms with van der Waals surface area (Å²) in [5.74, 6) is 0.577. The topological polar surface area (TPSA) is 127 Å². The van der Waals surface area contributed by atoms with Gasteiger partial charge >= 0.3 is 5.97 Å². The van der Waals surface area contributed by atoms with E-state index >= 15 is 0 Å². The van der Waals surface area contributed by atoms with Crippen LogP contribution in [0.2, 0.25) is 0 Å². The number of allylic oxidation sites excluding steroid dienone is 2. The van der Waals surface area contributed by atoms with Crippen molar-refractivity contribution < 1.29 is 9.90 Å². The Kier molecular flexibility index (Phi) is 8.77. The van der Waals surface area contributed by atoms with Gasteiger partial charge in [-0.3, -0.25) is 19.7 Å². The highest BCUT2D eigenvalue weighted by molar-refractivity contribution is 5.79. The van der Waals surface area contributed by atoms with Crippen molar-refractivity contribution in [1.29, 1.82) is 0 Å². The van der Waals surface area contributed by atoms with Crippen LogP contribution < -0.4 is 21.3 Å². The average molecular weight is 527 g/mol. The highest BCUT2D eigenvalue weighted by Crippen LogP contribution is 2.28. The van der Waals surface area contributed by atoms with Crippen LogP contribution in [0.4, 0.5) is 5.82 Å². The van der Waals surface area contributed by atoms with Crippen LogP contribution in [0.15, 0.2) is 91.0 Å². The minimum Gasteiger partial charge on any atom is -0.481 e. The molecule has 0 radical (unpaired) electrons. The maximum atomic E-state index is 11.8. The Morgan fingerprint density at radius 3 is 2.56 bits per heavy atom. The molecule has 4 heterocycles. The second kappa shape index (κ2) is 13.0. The molecule has 3 aromatic rings. The third-order valence-electron chi connectivity index (χ3n) is 6.89. The molecule has 0 spiro atoms. The molecule has 2 aliphatic rings. The third kappa shape index (κ3) is 7.18. The first-order chi connectivity index (χ1) is 19.2. The molecule has 2 unspecified atom stereocenters. The van der Waals surface area contributed by atoms with Gasteiger partial charge in [-0.15, -0.1) is 0 Å². The van der Waals surface area contributed by atoms with E-state index in [4.69, 9.17) is 0 Å². The van der Waals surface area contributed by atoms with Crippen LogP contribution in [0, 0.1) is 5.92 Å². The molecule has 2 aromatic heterocycles. The van der Waals surface area contributed by atoms with Crippen LogP contribution >= 0.6 is 0 Å². The van der Waals surface area contributed by atoms with Gasteiger partial charge in [-0.1, -0.05) is 30.3 Å². The van der Waals surface area contributed by atoms with E-state index in [0.29, 0.717) is 18.8 Å². The van der Waals surface area contributed by atoms with Gasteiger partial charge in [0.2, 0.25) is 0 Å². The number of carboxylic acid groups (broad SMARTS) is 1. The molecule has 2 atom stereocenters. The van der Waals surface area contributed by atoms with Crippen LogP contribution in [-0.2, 0) is 11.2 Å². The summed E-state index contributed by atoms with van der Waals surface area (Å²) in [6.07, 6.45) is 11.2. The lowest BCUT2D eigenvalue weighted by atomic mass is 9.94. The number of piperazine rings is 1. The van der Waals surface area contributed by atoms with Crippen LogP contribution in [-0.4, -0.2) is 69.8 Å². The molecule has 0 aliphatic carbocycles. The number of aliphatic carboxylic acids is 1. The highest BCUT2D eigenvalue weighted by atomic mass is 16.4. The van der Waals surface area contributed by atoms with E-state index in [-0.39, 0.29) is 18.5 Å². The van der Waals surface area contributed by atoms with Gasteiger partial charge in [0.05, 0.1) is 18.3 Å². The van der Waals surface area contributed by atoms with E-state index in [1.807, 2.05) is 30.3 Å². The Hall–Kier alpha value is -4.28. The average Bonchev–Trinajstić information content (AvgIpc) is 2.97. The van der Waals surface area contributed by atoms with Gasteiger partial charge < -0.3 is 26.4 Å². The quantitative estimate of drug-likeness (QED) is 0.254. The number of dihydropyridines is 1. The number of carbonyl (C=O) groups is 1. The van der Waals surface area contributed by atoms with E-state index in [1.54, 1.807) is 31.0 Å². The van der Waals surface area contributed by atoms with Crippen molar-refractivity contribution in [2.24, 2.45) is 5.92 Å². The molecule has 0 saturated carbocycles. The summed E-state index contributed by atoms with van der Waals surface area (Å²) in [5.41, 5.74) is 4.17.